The maximum atomic E-state index is 12.3. The molecule has 3 aliphatic rings. The van der Waals surface area contributed by atoms with Crippen molar-refractivity contribution in [2.45, 2.75) is 32.1 Å². The van der Waals surface area contributed by atoms with E-state index in [1.165, 1.54) is 32.5 Å². The van der Waals surface area contributed by atoms with Crippen molar-refractivity contribution in [3.05, 3.63) is 28.2 Å². The number of anilines is 1. The second kappa shape index (κ2) is 16.4. The summed E-state index contributed by atoms with van der Waals surface area (Å²) in [5.41, 5.74) is 0.824. The van der Waals surface area contributed by atoms with Crippen LogP contribution < -0.4 is 15.6 Å². The SMILES string of the molecule is O=C(COCCN1CCC(CN2CCN(I)CC2)CC1)NCCCC(=O)NC1=NN(c2ccc(Cl)c(Cl)c2)CC1. The molecule has 0 radical (unpaired) electrons. The van der Waals surface area contributed by atoms with Crippen LogP contribution in [0.25, 0.3) is 0 Å². The molecule has 0 atom stereocenters. The summed E-state index contributed by atoms with van der Waals surface area (Å²) >= 11 is 14.5. The van der Waals surface area contributed by atoms with Crippen molar-refractivity contribution in [1.82, 2.24) is 23.5 Å². The van der Waals surface area contributed by atoms with Gasteiger partial charge in [0.15, 0.2) is 0 Å². The van der Waals surface area contributed by atoms with Crippen LogP contribution in [0.1, 0.15) is 32.1 Å². The van der Waals surface area contributed by atoms with E-state index in [9.17, 15) is 9.59 Å². The molecule has 0 unspecified atom stereocenters. The second-order valence-electron chi connectivity index (χ2n) is 10.6. The normalized spacial score (nSPS) is 19.6. The maximum Gasteiger partial charge on any atom is 0.245 e. The third-order valence-electron chi connectivity index (χ3n) is 7.52. The Labute approximate surface area is 261 Å². The number of carbonyl (C=O) groups is 2. The fourth-order valence-electron chi connectivity index (χ4n) is 5.15. The molecule has 2 fully saturated rings. The molecule has 13 heteroatoms. The first-order valence-corrected chi connectivity index (χ1v) is 15.9. The second-order valence-corrected chi connectivity index (χ2v) is 12.7. The zero-order valence-corrected chi connectivity index (χ0v) is 26.6. The number of piperazine rings is 1. The standard InChI is InChI=1S/C27H40Cl2IN7O3/c28-23-4-3-22(18-24(23)29)37-11-7-25(33-37)32-26(38)2-1-8-31-27(39)20-40-17-16-34-9-5-21(6-10-34)19-35-12-14-36(30)15-13-35/h3-4,18,21H,1-2,5-17,19-20H2,(H,31,39)(H,32,33,38). The largest absolute Gasteiger partial charge is 0.370 e. The quantitative estimate of drug-likeness (QED) is 0.196. The van der Waals surface area contributed by atoms with E-state index in [0.717, 1.165) is 44.3 Å². The van der Waals surface area contributed by atoms with Crippen LogP contribution in [-0.2, 0) is 14.3 Å². The number of hydrogen-bond acceptors (Lipinski definition) is 8. The van der Waals surface area contributed by atoms with Crippen molar-refractivity contribution in [2.24, 2.45) is 11.0 Å². The number of halogens is 3. The monoisotopic (exact) mass is 707 g/mol. The number of likely N-dealkylation sites (tertiary alicyclic amines) is 1. The number of hydrogen-bond donors (Lipinski definition) is 2. The highest BCUT2D eigenvalue weighted by Gasteiger charge is 2.23. The minimum Gasteiger partial charge on any atom is -0.370 e. The molecule has 222 valence electrons. The molecule has 2 N–H and O–H groups in total. The minimum atomic E-state index is -0.150. The number of nitrogens with one attached hydrogen (secondary N) is 2. The van der Waals surface area contributed by atoms with Gasteiger partial charge in [-0.2, -0.15) is 5.10 Å². The molecule has 3 heterocycles. The molecular formula is C27H40Cl2IN7O3. The summed E-state index contributed by atoms with van der Waals surface area (Å²) in [7, 11) is 0. The van der Waals surface area contributed by atoms with Crippen LogP contribution in [0.3, 0.4) is 0 Å². The molecule has 2 amide bonds. The summed E-state index contributed by atoms with van der Waals surface area (Å²) in [6.07, 6.45) is 3.96. The number of amidine groups is 1. The van der Waals surface area contributed by atoms with Crippen LogP contribution >= 0.6 is 46.1 Å². The van der Waals surface area contributed by atoms with Gasteiger partial charge in [-0.3, -0.25) is 14.6 Å². The zero-order valence-electron chi connectivity index (χ0n) is 22.9. The Bertz CT molecular complexity index is 1020. The molecule has 3 aliphatic heterocycles. The van der Waals surface area contributed by atoms with Gasteiger partial charge in [0.2, 0.25) is 11.8 Å². The predicted molar refractivity (Wildman–Crippen MR) is 168 cm³/mol. The van der Waals surface area contributed by atoms with E-state index >= 15 is 0 Å². The van der Waals surface area contributed by atoms with Crippen LogP contribution in [0.2, 0.25) is 10.0 Å². The Kier molecular flexibility index (Phi) is 13.0. The predicted octanol–water partition coefficient (Wildman–Crippen LogP) is 3.23. The van der Waals surface area contributed by atoms with Gasteiger partial charge in [-0.1, -0.05) is 23.2 Å². The summed E-state index contributed by atoms with van der Waals surface area (Å²) in [6, 6.07) is 5.32. The van der Waals surface area contributed by atoms with Crippen molar-refractivity contribution in [2.75, 3.05) is 83.7 Å². The number of hydrazone groups is 1. The number of piperidine rings is 1. The summed E-state index contributed by atoms with van der Waals surface area (Å²) in [5, 5.41) is 12.9. The molecule has 0 bridgehead atoms. The Balaban J connectivity index is 0.993. The molecular weight excluding hydrogens is 668 g/mol. The molecule has 0 aliphatic carbocycles. The lowest BCUT2D eigenvalue weighted by molar-refractivity contribution is -0.126. The number of ether oxygens (including phenoxy) is 1. The van der Waals surface area contributed by atoms with Gasteiger partial charge in [-0.25, -0.2) is 3.11 Å². The fourth-order valence-corrected chi connectivity index (χ4v) is 5.87. The van der Waals surface area contributed by atoms with Crippen molar-refractivity contribution in [3.8, 4) is 0 Å². The fraction of sp³-hybridized carbons (Fsp3) is 0.667. The first kappa shape index (κ1) is 31.7. The lowest BCUT2D eigenvalue weighted by Gasteiger charge is -2.37. The minimum absolute atomic E-state index is 0.0484. The Morgan fingerprint density at radius 3 is 2.52 bits per heavy atom. The zero-order chi connectivity index (χ0) is 28.3. The highest BCUT2D eigenvalue weighted by atomic mass is 127. The summed E-state index contributed by atoms with van der Waals surface area (Å²) < 4.78 is 7.97. The first-order chi connectivity index (χ1) is 19.4. The Morgan fingerprint density at radius 2 is 1.77 bits per heavy atom. The molecule has 0 aromatic heterocycles. The van der Waals surface area contributed by atoms with Crippen LogP contribution in [0.4, 0.5) is 5.69 Å². The van der Waals surface area contributed by atoms with Gasteiger partial charge in [0, 0.05) is 88.1 Å². The van der Waals surface area contributed by atoms with Gasteiger partial charge in [-0.15, -0.1) is 0 Å². The third-order valence-corrected chi connectivity index (χ3v) is 9.22. The van der Waals surface area contributed by atoms with Crippen LogP contribution in [0.15, 0.2) is 23.3 Å². The topological polar surface area (TPSA) is 92.8 Å². The van der Waals surface area contributed by atoms with E-state index in [1.807, 2.05) is 6.07 Å². The van der Waals surface area contributed by atoms with Gasteiger partial charge < -0.3 is 25.2 Å². The summed E-state index contributed by atoms with van der Waals surface area (Å²) in [5.74, 6) is 1.14. The van der Waals surface area contributed by atoms with Crippen molar-refractivity contribution < 1.29 is 14.3 Å². The first-order valence-electron chi connectivity index (χ1n) is 14.2. The third kappa shape index (κ3) is 10.6. The van der Waals surface area contributed by atoms with Gasteiger partial charge in [-0.05, 0) is 56.5 Å². The number of nitrogens with zero attached hydrogens (tertiary/aromatic N) is 5. The van der Waals surface area contributed by atoms with Crippen molar-refractivity contribution >= 4 is 69.4 Å². The molecule has 10 nitrogen and oxygen atoms in total. The number of benzene rings is 1. The highest BCUT2D eigenvalue weighted by Crippen LogP contribution is 2.28. The molecule has 40 heavy (non-hydrogen) atoms. The van der Waals surface area contributed by atoms with Crippen molar-refractivity contribution in [1.29, 1.82) is 0 Å². The lowest BCUT2D eigenvalue weighted by Crippen LogP contribution is -2.46. The molecule has 4 rings (SSSR count). The van der Waals surface area contributed by atoms with Gasteiger partial charge in [0.05, 0.1) is 22.3 Å². The van der Waals surface area contributed by atoms with E-state index in [-0.39, 0.29) is 18.4 Å². The summed E-state index contributed by atoms with van der Waals surface area (Å²) in [6.45, 7) is 10.7. The molecule has 1 aromatic carbocycles. The molecule has 1 aromatic rings. The molecule has 0 saturated carbocycles. The van der Waals surface area contributed by atoms with E-state index in [2.05, 4.69) is 51.5 Å². The average Bonchev–Trinajstić information content (AvgIpc) is 3.41. The van der Waals surface area contributed by atoms with Crippen LogP contribution in [-0.4, -0.2) is 109 Å². The number of carbonyl (C=O) groups excluding carboxylic acids is 2. The van der Waals surface area contributed by atoms with Crippen molar-refractivity contribution in [3.63, 3.8) is 0 Å². The van der Waals surface area contributed by atoms with E-state index < -0.39 is 0 Å². The lowest BCUT2D eigenvalue weighted by atomic mass is 9.96. The van der Waals surface area contributed by atoms with Gasteiger partial charge >= 0.3 is 0 Å². The molecule has 2 saturated heterocycles. The molecule has 0 spiro atoms. The van der Waals surface area contributed by atoms with Gasteiger partial charge in [0.1, 0.15) is 12.4 Å². The Hall–Kier alpha value is -1.22. The average molecular weight is 708 g/mol. The number of rotatable bonds is 12. The van der Waals surface area contributed by atoms with E-state index in [0.29, 0.717) is 54.8 Å². The number of amides is 2. The van der Waals surface area contributed by atoms with Crippen LogP contribution in [0.5, 0.6) is 0 Å². The maximum absolute atomic E-state index is 12.3. The smallest absolute Gasteiger partial charge is 0.245 e. The highest BCUT2D eigenvalue weighted by molar-refractivity contribution is 14.1. The van der Waals surface area contributed by atoms with E-state index in [4.69, 9.17) is 27.9 Å². The van der Waals surface area contributed by atoms with Crippen LogP contribution in [0, 0.1) is 5.92 Å². The van der Waals surface area contributed by atoms with Gasteiger partial charge in [0.25, 0.3) is 0 Å². The summed E-state index contributed by atoms with van der Waals surface area (Å²) in [4.78, 5) is 29.4. The Morgan fingerprint density at radius 1 is 1.00 bits per heavy atom. The van der Waals surface area contributed by atoms with E-state index in [1.54, 1.807) is 17.1 Å².